The topological polar surface area (TPSA) is 115 Å². The summed E-state index contributed by atoms with van der Waals surface area (Å²) >= 11 is 0. The summed E-state index contributed by atoms with van der Waals surface area (Å²) in [7, 11) is 0. The number of aliphatic carboxylic acids is 2. The zero-order valence-corrected chi connectivity index (χ0v) is 9.91. The first-order valence-corrected chi connectivity index (χ1v) is 2.28. The summed E-state index contributed by atoms with van der Waals surface area (Å²) in [4.78, 5) is 19.5. The molecular formula is C4H8BaO6. The first kappa shape index (κ1) is 14.0. The standard InChI is InChI=1S/C4H6O6.Ba.2H/c5-1(3(7)8)2(6)4(9)10;;;/h1-2,5-6H,(H,7,8)(H,9,10);;;/q;+2;2*-1. The van der Waals surface area contributed by atoms with E-state index in [1.54, 1.807) is 0 Å². The number of carboxylic acids is 2. The summed E-state index contributed by atoms with van der Waals surface area (Å²) in [5.74, 6) is -3.54. The third kappa shape index (κ3) is 4.80. The van der Waals surface area contributed by atoms with Crippen LogP contribution in [-0.2, 0) is 9.59 Å². The molecule has 0 amide bonds. The maximum atomic E-state index is 9.77. The van der Waals surface area contributed by atoms with E-state index >= 15 is 0 Å². The van der Waals surface area contributed by atoms with E-state index in [0.717, 1.165) is 0 Å². The molecule has 0 aliphatic carbocycles. The van der Waals surface area contributed by atoms with Crippen molar-refractivity contribution in [2.75, 3.05) is 0 Å². The molecule has 0 radical (unpaired) electrons. The van der Waals surface area contributed by atoms with Crippen molar-refractivity contribution in [2.45, 2.75) is 12.2 Å². The molecule has 0 aromatic carbocycles. The van der Waals surface area contributed by atoms with Gasteiger partial charge in [-0.15, -0.1) is 0 Å². The van der Waals surface area contributed by atoms with Gasteiger partial charge in [-0.3, -0.25) is 0 Å². The second-order valence-corrected chi connectivity index (χ2v) is 1.57. The Morgan fingerprint density at radius 3 is 1.27 bits per heavy atom. The van der Waals surface area contributed by atoms with Gasteiger partial charge in [0.2, 0.25) is 0 Å². The normalized spacial score (nSPS) is 14.4. The summed E-state index contributed by atoms with van der Waals surface area (Å²) in [5, 5.41) is 32.5. The predicted octanol–water partition coefficient (Wildman–Crippen LogP) is -2.28. The molecule has 7 heteroatoms. The molecule has 0 rings (SSSR count). The van der Waals surface area contributed by atoms with E-state index in [0.29, 0.717) is 0 Å². The molecule has 0 spiro atoms. The molecule has 0 aliphatic rings. The Bertz CT molecular complexity index is 147. The number of aliphatic hydroxyl groups excluding tert-OH is 2. The largest absolute Gasteiger partial charge is 2.00 e. The Balaban J connectivity index is -0.000000135. The Kier molecular flexibility index (Phi) is 7.63. The maximum Gasteiger partial charge on any atom is 2.00 e. The van der Waals surface area contributed by atoms with E-state index in [4.69, 9.17) is 20.4 Å². The second kappa shape index (κ2) is 6.00. The van der Waals surface area contributed by atoms with E-state index in [2.05, 4.69) is 0 Å². The van der Waals surface area contributed by atoms with Crippen molar-refractivity contribution in [2.24, 2.45) is 0 Å². The minimum atomic E-state index is -2.27. The number of hydrogen-bond acceptors (Lipinski definition) is 4. The van der Waals surface area contributed by atoms with E-state index in [1.165, 1.54) is 0 Å². The zero-order chi connectivity index (χ0) is 8.31. The molecule has 0 bridgehead atoms. The van der Waals surface area contributed by atoms with Gasteiger partial charge < -0.3 is 23.3 Å². The molecule has 0 aromatic heterocycles. The van der Waals surface area contributed by atoms with Crippen molar-refractivity contribution in [3.05, 3.63) is 0 Å². The molecule has 0 heterocycles. The minimum Gasteiger partial charge on any atom is -1.00 e. The summed E-state index contributed by atoms with van der Waals surface area (Å²) < 4.78 is 0. The summed E-state index contributed by atoms with van der Waals surface area (Å²) in [6, 6.07) is 0. The smallest absolute Gasteiger partial charge is 1.00 e. The number of carbonyl (C=O) groups is 2. The molecule has 0 saturated carbocycles. The third-order valence-corrected chi connectivity index (χ3v) is 0.805. The average molecular weight is 289 g/mol. The number of carboxylic acid groups (broad SMARTS) is 2. The molecule has 4 N–H and O–H groups in total. The third-order valence-electron chi connectivity index (χ3n) is 0.805. The Morgan fingerprint density at radius 1 is 1.00 bits per heavy atom. The fraction of sp³-hybridized carbons (Fsp3) is 0.500. The molecule has 0 fully saturated rings. The van der Waals surface area contributed by atoms with Gasteiger partial charge in [0.1, 0.15) is 0 Å². The van der Waals surface area contributed by atoms with Crippen LogP contribution in [0.5, 0.6) is 0 Å². The van der Waals surface area contributed by atoms with Gasteiger partial charge in [0.25, 0.3) is 0 Å². The maximum absolute atomic E-state index is 9.77. The zero-order valence-electron chi connectivity index (χ0n) is 7.47. The van der Waals surface area contributed by atoms with Gasteiger partial charge in [0, 0.05) is 0 Å². The molecule has 6 nitrogen and oxygen atoms in total. The molecule has 2 atom stereocenters. The predicted molar refractivity (Wildman–Crippen MR) is 35.3 cm³/mol. The summed E-state index contributed by atoms with van der Waals surface area (Å²) in [6.07, 6.45) is -4.53. The summed E-state index contributed by atoms with van der Waals surface area (Å²) in [6.45, 7) is 0. The van der Waals surface area contributed by atoms with Crippen molar-refractivity contribution < 1.29 is 32.9 Å². The second-order valence-electron chi connectivity index (χ2n) is 1.57. The Labute approximate surface area is 105 Å². The SMILES string of the molecule is O=C(O)C(O)C(O)C(=O)O.[Ba+2].[H-].[H-]. The molecule has 0 aromatic rings. The molecule has 2 unspecified atom stereocenters. The van der Waals surface area contributed by atoms with Gasteiger partial charge in [0.15, 0.2) is 12.2 Å². The fourth-order valence-electron chi connectivity index (χ4n) is 0.270. The van der Waals surface area contributed by atoms with Gasteiger partial charge in [0.05, 0.1) is 0 Å². The monoisotopic (exact) mass is 290 g/mol. The van der Waals surface area contributed by atoms with Crippen molar-refractivity contribution >= 4 is 60.8 Å². The molecule has 11 heavy (non-hydrogen) atoms. The average Bonchev–Trinajstić information content (AvgIpc) is 1.84. The van der Waals surface area contributed by atoms with E-state index in [9.17, 15) is 9.59 Å². The van der Waals surface area contributed by atoms with E-state index < -0.39 is 24.1 Å². The van der Waals surface area contributed by atoms with Crippen molar-refractivity contribution in [1.82, 2.24) is 0 Å². The van der Waals surface area contributed by atoms with Gasteiger partial charge >= 0.3 is 60.8 Å². The van der Waals surface area contributed by atoms with Crippen LogP contribution in [0.15, 0.2) is 0 Å². The van der Waals surface area contributed by atoms with Crippen molar-refractivity contribution in [1.29, 1.82) is 0 Å². The first-order chi connectivity index (χ1) is 4.46. The fourth-order valence-corrected chi connectivity index (χ4v) is 0.270. The molecule has 62 valence electrons. The Morgan fingerprint density at radius 2 is 1.18 bits per heavy atom. The van der Waals surface area contributed by atoms with Gasteiger partial charge in [-0.2, -0.15) is 0 Å². The van der Waals surface area contributed by atoms with E-state index in [1.807, 2.05) is 0 Å². The Hall–Kier alpha value is 0.431. The van der Waals surface area contributed by atoms with Crippen LogP contribution in [-0.4, -0.2) is 93.5 Å². The molecular weight excluding hydrogens is 281 g/mol. The van der Waals surface area contributed by atoms with Gasteiger partial charge in [-0.1, -0.05) is 0 Å². The van der Waals surface area contributed by atoms with Crippen LogP contribution in [0.3, 0.4) is 0 Å². The van der Waals surface area contributed by atoms with Crippen LogP contribution in [0.4, 0.5) is 0 Å². The van der Waals surface area contributed by atoms with Crippen LogP contribution in [0.2, 0.25) is 0 Å². The molecule has 0 saturated heterocycles. The van der Waals surface area contributed by atoms with Crippen LogP contribution in [0, 0.1) is 0 Å². The van der Waals surface area contributed by atoms with Gasteiger partial charge in [-0.25, -0.2) is 9.59 Å². The van der Waals surface area contributed by atoms with Gasteiger partial charge in [-0.05, 0) is 0 Å². The number of hydrogen-bond donors (Lipinski definition) is 4. The van der Waals surface area contributed by atoms with Crippen molar-refractivity contribution in [3.8, 4) is 0 Å². The van der Waals surface area contributed by atoms with Crippen molar-refractivity contribution in [3.63, 3.8) is 0 Å². The van der Waals surface area contributed by atoms with Crippen LogP contribution < -0.4 is 0 Å². The van der Waals surface area contributed by atoms with Crippen LogP contribution in [0.1, 0.15) is 2.85 Å². The van der Waals surface area contributed by atoms with E-state index in [-0.39, 0.29) is 51.7 Å². The van der Waals surface area contributed by atoms with Crippen LogP contribution in [0.25, 0.3) is 0 Å². The summed E-state index contributed by atoms with van der Waals surface area (Å²) in [5.41, 5.74) is 0. The van der Waals surface area contributed by atoms with Crippen LogP contribution >= 0.6 is 0 Å². The number of rotatable bonds is 3. The number of aliphatic hydroxyl groups is 2. The quantitative estimate of drug-likeness (QED) is 0.435. The molecule has 0 aliphatic heterocycles. The minimum absolute atomic E-state index is 0. The first-order valence-electron chi connectivity index (χ1n) is 2.28.